The lowest BCUT2D eigenvalue weighted by Crippen LogP contribution is -2.41. The topological polar surface area (TPSA) is 255 Å². The summed E-state index contributed by atoms with van der Waals surface area (Å²) in [4.78, 5) is 157. The van der Waals surface area contributed by atoms with Gasteiger partial charge in [0.2, 0.25) is 0 Å². The van der Waals surface area contributed by atoms with Gasteiger partial charge in [0.25, 0.3) is 47.3 Å². The van der Waals surface area contributed by atoms with Crippen molar-refractivity contribution in [1.82, 2.24) is 20.3 Å². The van der Waals surface area contributed by atoms with Crippen LogP contribution in [-0.2, 0) is 76.9 Å². The second-order valence-corrected chi connectivity index (χ2v) is 14.3. The van der Waals surface area contributed by atoms with Gasteiger partial charge in [-0.15, -0.1) is 20.3 Å². The third-order valence-electron chi connectivity index (χ3n) is 9.07. The summed E-state index contributed by atoms with van der Waals surface area (Å²) < 4.78 is 0. The van der Waals surface area contributed by atoms with Gasteiger partial charge in [0.05, 0.1) is 22.7 Å². The van der Waals surface area contributed by atoms with Crippen LogP contribution in [0.25, 0.3) is 0 Å². The van der Waals surface area contributed by atoms with E-state index in [-0.39, 0.29) is 70.1 Å². The molecule has 4 aliphatic heterocycles. The molecule has 0 aliphatic carbocycles. The Hall–Kier alpha value is -5.56. The zero-order valence-electron chi connectivity index (χ0n) is 32.3. The van der Waals surface area contributed by atoms with Crippen LogP contribution in [0.15, 0.2) is 0 Å². The Kier molecular flexibility index (Phi) is 15.9. The lowest BCUT2D eigenvalue weighted by Gasteiger charge is -2.29. The summed E-state index contributed by atoms with van der Waals surface area (Å²) in [6.07, 6.45) is 1.27. The van der Waals surface area contributed by atoms with Gasteiger partial charge in [-0.3, -0.25) is 38.4 Å². The second kappa shape index (κ2) is 19.2. The molecule has 304 valence electrons. The lowest BCUT2D eigenvalue weighted by molar-refractivity contribution is -0.207. The Morgan fingerprint density at radius 2 is 0.782 bits per heavy atom. The predicted molar refractivity (Wildman–Crippen MR) is 180 cm³/mol. The Morgan fingerprint density at radius 1 is 0.491 bits per heavy atom. The van der Waals surface area contributed by atoms with E-state index in [0.717, 1.165) is 0 Å². The smallest absolute Gasteiger partial charge is 0.330 e. The maximum atomic E-state index is 12.5. The van der Waals surface area contributed by atoms with E-state index in [1.54, 1.807) is 34.6 Å². The fraction of sp³-hybridized carbons (Fsp3) is 0.657. The van der Waals surface area contributed by atoms with Crippen molar-refractivity contribution in [3.8, 4) is 0 Å². The first kappa shape index (κ1) is 45.6. The maximum absolute atomic E-state index is 12.5. The normalized spacial score (nSPS) is 18.9. The molecule has 4 rings (SSSR count). The molecule has 55 heavy (non-hydrogen) atoms. The number of amides is 8. The fourth-order valence-electron chi connectivity index (χ4n) is 4.68. The summed E-state index contributed by atoms with van der Waals surface area (Å²) >= 11 is 0. The monoisotopic (exact) mass is 780 g/mol. The summed E-state index contributed by atoms with van der Waals surface area (Å²) in [7, 11) is 0. The van der Waals surface area contributed by atoms with Crippen molar-refractivity contribution in [2.75, 3.05) is 0 Å². The molecule has 0 N–H and O–H groups in total. The van der Waals surface area contributed by atoms with E-state index in [1.165, 1.54) is 13.8 Å². The average molecular weight is 781 g/mol. The highest BCUT2D eigenvalue weighted by atomic mass is 16.7. The van der Waals surface area contributed by atoms with E-state index in [9.17, 15) is 57.5 Å². The van der Waals surface area contributed by atoms with Crippen LogP contribution in [0.3, 0.4) is 0 Å². The van der Waals surface area contributed by atoms with E-state index in [0.29, 0.717) is 26.7 Å². The van der Waals surface area contributed by atoms with E-state index < -0.39 is 87.9 Å². The largest absolute Gasteiger partial charge is 0.339 e. The van der Waals surface area contributed by atoms with Gasteiger partial charge < -0.3 is 19.4 Å². The van der Waals surface area contributed by atoms with Gasteiger partial charge in [-0.2, -0.15) is 0 Å². The quantitative estimate of drug-likeness (QED) is 0.256. The number of hydrogen-bond acceptors (Lipinski definition) is 16. The number of nitrogens with zero attached hydrogens (tertiary/aromatic N) is 4. The van der Waals surface area contributed by atoms with Gasteiger partial charge in [0.15, 0.2) is 0 Å². The van der Waals surface area contributed by atoms with E-state index in [1.807, 2.05) is 6.92 Å². The van der Waals surface area contributed by atoms with Crippen molar-refractivity contribution < 1.29 is 76.9 Å². The SMILES string of the molecule is CC(C)C(=O)ON1C(=O)CCC1=O.CCC(C)(C)C(=O)ON1C(=O)CCC1=O.CCC(C)(CC(C)C(=O)ON1C(=O)CCC1=O)C(=O)ON1C(=O)CCC1=O. The zero-order valence-corrected chi connectivity index (χ0v) is 32.3. The number of carbonyl (C=O) groups is 12. The van der Waals surface area contributed by atoms with Crippen molar-refractivity contribution >= 4 is 71.1 Å². The summed E-state index contributed by atoms with van der Waals surface area (Å²) in [6.45, 7) is 13.2. The maximum Gasteiger partial charge on any atom is 0.339 e. The molecule has 2 unspecified atom stereocenters. The summed E-state index contributed by atoms with van der Waals surface area (Å²) in [5, 5.41) is 2.05. The minimum absolute atomic E-state index is 0.0165. The number of hydroxylamine groups is 8. The molecule has 8 amide bonds. The molecule has 20 heteroatoms. The minimum Gasteiger partial charge on any atom is -0.330 e. The van der Waals surface area contributed by atoms with Crippen LogP contribution in [0.2, 0.25) is 0 Å². The second-order valence-electron chi connectivity index (χ2n) is 14.3. The molecule has 4 fully saturated rings. The zero-order chi connectivity index (χ0) is 42.0. The van der Waals surface area contributed by atoms with Crippen molar-refractivity contribution in [3.63, 3.8) is 0 Å². The fourth-order valence-corrected chi connectivity index (χ4v) is 4.68. The molecular weight excluding hydrogens is 732 g/mol. The van der Waals surface area contributed by atoms with Gasteiger partial charge in [-0.05, 0) is 40.0 Å². The Bertz CT molecular complexity index is 1560. The highest BCUT2D eigenvalue weighted by Gasteiger charge is 2.43. The van der Waals surface area contributed by atoms with E-state index >= 15 is 0 Å². The van der Waals surface area contributed by atoms with E-state index in [4.69, 9.17) is 14.5 Å². The Labute approximate surface area is 316 Å². The number of imide groups is 4. The molecule has 4 aliphatic rings. The predicted octanol–water partition coefficient (Wildman–Crippen LogP) is 1.92. The number of carbonyl (C=O) groups excluding carboxylic acids is 12. The molecule has 0 radical (unpaired) electrons. The van der Waals surface area contributed by atoms with Crippen LogP contribution < -0.4 is 0 Å². The molecule has 0 bridgehead atoms. The number of hydrogen-bond donors (Lipinski definition) is 0. The van der Waals surface area contributed by atoms with Crippen LogP contribution >= 0.6 is 0 Å². The standard InChI is InChI=1S/C17H22N2O8.C10H15NO4.C8H11NO4/c1-4-17(3,16(25)27-19-13(22)7-8-14(19)23)9-10(2)15(24)26-18-11(20)5-6-12(18)21;1-4-10(2,3)9(14)15-11-7(12)5-6-8(11)13;1-5(2)8(12)13-9-6(10)3-4-7(9)11/h10H,4-9H2,1-3H3;4-6H2,1-3H3;5H,3-4H2,1-2H3. The van der Waals surface area contributed by atoms with E-state index in [2.05, 4.69) is 4.84 Å². The lowest BCUT2D eigenvalue weighted by atomic mass is 9.79. The minimum atomic E-state index is -1.18. The molecular formula is C35H48N4O16. The van der Waals surface area contributed by atoms with Crippen molar-refractivity contribution in [1.29, 1.82) is 0 Å². The van der Waals surface area contributed by atoms with Gasteiger partial charge in [-0.25, -0.2) is 19.2 Å². The molecule has 0 spiro atoms. The first-order valence-electron chi connectivity index (χ1n) is 17.8. The van der Waals surface area contributed by atoms with Crippen LogP contribution in [0.1, 0.15) is 126 Å². The van der Waals surface area contributed by atoms with Gasteiger partial charge in [0.1, 0.15) is 0 Å². The third-order valence-corrected chi connectivity index (χ3v) is 9.07. The summed E-state index contributed by atoms with van der Waals surface area (Å²) in [5.74, 6) is -8.10. The molecule has 0 saturated carbocycles. The highest BCUT2D eigenvalue weighted by Crippen LogP contribution is 2.33. The molecule has 4 heterocycles. The van der Waals surface area contributed by atoms with Crippen LogP contribution in [0, 0.1) is 22.7 Å². The third kappa shape index (κ3) is 12.0. The average Bonchev–Trinajstić information content (AvgIpc) is 3.84. The van der Waals surface area contributed by atoms with Crippen molar-refractivity contribution in [2.24, 2.45) is 22.7 Å². The number of rotatable bonds is 12. The molecule has 2 atom stereocenters. The summed E-state index contributed by atoms with van der Waals surface area (Å²) in [6, 6.07) is 0. The van der Waals surface area contributed by atoms with Gasteiger partial charge >= 0.3 is 23.9 Å². The molecule has 0 aromatic rings. The van der Waals surface area contributed by atoms with Gasteiger partial charge in [0, 0.05) is 51.4 Å². The Balaban J connectivity index is 0.000000314. The highest BCUT2D eigenvalue weighted by molar-refractivity contribution is 6.03. The van der Waals surface area contributed by atoms with Crippen LogP contribution in [-0.4, -0.2) is 91.4 Å². The Morgan fingerprint density at radius 3 is 1.07 bits per heavy atom. The van der Waals surface area contributed by atoms with Crippen LogP contribution in [0.5, 0.6) is 0 Å². The molecule has 0 aromatic heterocycles. The van der Waals surface area contributed by atoms with Gasteiger partial charge in [-0.1, -0.05) is 34.6 Å². The van der Waals surface area contributed by atoms with Crippen molar-refractivity contribution in [2.45, 2.75) is 126 Å². The molecule has 20 nitrogen and oxygen atoms in total. The summed E-state index contributed by atoms with van der Waals surface area (Å²) in [5.41, 5.74) is -1.86. The molecule has 0 aromatic carbocycles. The van der Waals surface area contributed by atoms with Crippen LogP contribution in [0.4, 0.5) is 0 Å². The molecule has 4 saturated heterocycles. The van der Waals surface area contributed by atoms with Crippen molar-refractivity contribution in [3.05, 3.63) is 0 Å². The first-order valence-corrected chi connectivity index (χ1v) is 17.8. The first-order chi connectivity index (χ1) is 25.5.